The number of nitrogens with zero attached hydrogens (tertiary/aromatic N) is 2. The third-order valence-electron chi connectivity index (χ3n) is 4.08. The molecule has 0 aliphatic carbocycles. The zero-order valence-electron chi connectivity index (χ0n) is 14.8. The summed E-state index contributed by atoms with van der Waals surface area (Å²) in [5.74, 6) is 0. The molecule has 0 radical (unpaired) electrons. The molecule has 0 aliphatic heterocycles. The molecule has 0 aliphatic rings. The molecule has 4 nitrogen and oxygen atoms in total. The number of rotatable bonds is 13. The maximum absolute atomic E-state index is 5.16. The van der Waals surface area contributed by atoms with Gasteiger partial charge in [-0.2, -0.15) is 0 Å². The Morgan fingerprint density at radius 2 is 0.900 bits per heavy atom. The summed E-state index contributed by atoms with van der Waals surface area (Å²) >= 11 is 0. The Hall–Kier alpha value is -0.160. The van der Waals surface area contributed by atoms with E-state index >= 15 is 0 Å². The highest BCUT2D eigenvalue weighted by Crippen LogP contribution is 2.08. The fourth-order valence-electron chi connectivity index (χ4n) is 2.33. The van der Waals surface area contributed by atoms with Gasteiger partial charge in [0, 0.05) is 14.2 Å². The normalized spacial score (nSPS) is 12.9. The van der Waals surface area contributed by atoms with Crippen LogP contribution in [-0.2, 0) is 9.47 Å². The topological polar surface area (TPSA) is 18.5 Å². The van der Waals surface area contributed by atoms with Gasteiger partial charge in [-0.05, 0) is 25.7 Å². The molecule has 0 bridgehead atoms. The van der Waals surface area contributed by atoms with Gasteiger partial charge in [-0.15, -0.1) is 0 Å². The van der Waals surface area contributed by atoms with Crippen LogP contribution in [0.15, 0.2) is 0 Å². The van der Waals surface area contributed by atoms with Crippen LogP contribution in [0, 0.1) is 0 Å². The molecular weight excluding hydrogens is 252 g/mol. The Morgan fingerprint density at radius 1 is 0.550 bits per heavy atom. The van der Waals surface area contributed by atoms with Crippen molar-refractivity contribution in [2.75, 3.05) is 81.8 Å². The van der Waals surface area contributed by atoms with E-state index in [1.54, 1.807) is 14.2 Å². The Morgan fingerprint density at radius 3 is 1.20 bits per heavy atom. The molecule has 122 valence electrons. The maximum atomic E-state index is 5.16. The monoisotopic (exact) mass is 290 g/mol. The van der Waals surface area contributed by atoms with E-state index in [4.69, 9.17) is 9.47 Å². The van der Waals surface area contributed by atoms with Crippen LogP contribution in [0.1, 0.15) is 25.7 Å². The molecule has 0 aromatic heterocycles. The number of unbranched alkanes of at least 4 members (excludes halogenated alkanes) is 3. The van der Waals surface area contributed by atoms with Gasteiger partial charge in [-0.3, -0.25) is 0 Å². The van der Waals surface area contributed by atoms with E-state index in [1.165, 1.54) is 38.8 Å². The molecule has 0 heterocycles. The smallest absolute Gasteiger partial charge is 0.102 e. The first-order chi connectivity index (χ1) is 9.33. The first-order valence-corrected chi connectivity index (χ1v) is 7.95. The van der Waals surface area contributed by atoms with Crippen LogP contribution < -0.4 is 0 Å². The zero-order valence-corrected chi connectivity index (χ0v) is 14.8. The molecule has 0 aromatic rings. The molecule has 20 heavy (non-hydrogen) atoms. The van der Waals surface area contributed by atoms with Crippen LogP contribution in [0.4, 0.5) is 0 Å². The second kappa shape index (κ2) is 10.6. The summed E-state index contributed by atoms with van der Waals surface area (Å²) in [5.41, 5.74) is 0. The van der Waals surface area contributed by atoms with E-state index in [9.17, 15) is 0 Å². The molecule has 4 heteroatoms. The highest BCUT2D eigenvalue weighted by atomic mass is 16.5. The number of methoxy groups -OCH3 is 2. The van der Waals surface area contributed by atoms with E-state index in [-0.39, 0.29) is 0 Å². The van der Waals surface area contributed by atoms with Crippen molar-refractivity contribution < 1.29 is 18.4 Å². The number of hydrogen-bond donors (Lipinski definition) is 0. The lowest BCUT2D eigenvalue weighted by atomic mass is 10.1. The molecule has 0 saturated carbocycles. The largest absolute Gasteiger partial charge is 0.379 e. The van der Waals surface area contributed by atoms with Crippen molar-refractivity contribution in [2.24, 2.45) is 0 Å². The van der Waals surface area contributed by atoms with Crippen molar-refractivity contribution in [3.63, 3.8) is 0 Å². The lowest BCUT2D eigenvalue weighted by Gasteiger charge is -2.30. The second-order valence-corrected chi connectivity index (χ2v) is 7.17. The van der Waals surface area contributed by atoms with E-state index < -0.39 is 0 Å². The lowest BCUT2D eigenvalue weighted by molar-refractivity contribution is -0.891. The van der Waals surface area contributed by atoms with Crippen LogP contribution in [0.25, 0.3) is 0 Å². The Labute approximate surface area is 126 Å². The quantitative estimate of drug-likeness (QED) is 0.381. The molecule has 0 N–H and O–H groups in total. The Kier molecular flexibility index (Phi) is 10.5. The minimum atomic E-state index is 0.859. The van der Waals surface area contributed by atoms with Crippen molar-refractivity contribution in [1.82, 2.24) is 0 Å². The van der Waals surface area contributed by atoms with E-state index in [0.717, 1.165) is 35.3 Å². The van der Waals surface area contributed by atoms with Gasteiger partial charge >= 0.3 is 0 Å². The zero-order chi connectivity index (χ0) is 15.5. The van der Waals surface area contributed by atoms with Gasteiger partial charge in [0.25, 0.3) is 0 Å². The van der Waals surface area contributed by atoms with Crippen LogP contribution in [0.5, 0.6) is 0 Å². The minimum absolute atomic E-state index is 0.859. The number of quaternary nitrogens is 2. The third kappa shape index (κ3) is 11.6. The highest BCUT2D eigenvalue weighted by molar-refractivity contribution is 4.45. The fraction of sp³-hybridized carbons (Fsp3) is 1.00. The summed E-state index contributed by atoms with van der Waals surface area (Å²) in [6, 6.07) is 0. The van der Waals surface area contributed by atoms with Gasteiger partial charge in [0.05, 0.1) is 54.5 Å². The average molecular weight is 290 g/mol. The van der Waals surface area contributed by atoms with Gasteiger partial charge in [-0.1, -0.05) is 0 Å². The molecule has 0 amide bonds. The van der Waals surface area contributed by atoms with Crippen molar-refractivity contribution >= 4 is 0 Å². The molecule has 0 aromatic carbocycles. The van der Waals surface area contributed by atoms with Gasteiger partial charge in [0.2, 0.25) is 0 Å². The summed E-state index contributed by atoms with van der Waals surface area (Å²) < 4.78 is 12.5. The standard InChI is InChI=1S/C16H38N2O2/c1-17(2,13-15-19-5)11-9-7-8-10-12-18(3,4)14-16-20-6/h7-16H2,1-6H3/q+2. The third-order valence-corrected chi connectivity index (χ3v) is 4.08. The van der Waals surface area contributed by atoms with Crippen LogP contribution in [0.3, 0.4) is 0 Å². The van der Waals surface area contributed by atoms with Crippen LogP contribution >= 0.6 is 0 Å². The summed E-state index contributed by atoms with van der Waals surface area (Å²) in [7, 11) is 12.7. The summed E-state index contributed by atoms with van der Waals surface area (Å²) in [6.07, 6.45) is 5.34. The highest BCUT2D eigenvalue weighted by Gasteiger charge is 2.15. The SMILES string of the molecule is COCC[N+](C)(C)CCCCCC[N+](C)(C)CCOC. The van der Waals surface area contributed by atoms with E-state index in [1.807, 2.05) is 0 Å². The predicted molar refractivity (Wildman–Crippen MR) is 85.9 cm³/mol. The summed E-state index contributed by atoms with van der Waals surface area (Å²) in [4.78, 5) is 0. The molecular formula is C16H38N2O2+2. The predicted octanol–water partition coefficient (Wildman–Crippen LogP) is 1.99. The molecule has 0 atom stereocenters. The minimum Gasteiger partial charge on any atom is -0.379 e. The number of ether oxygens (including phenoxy) is 2. The lowest BCUT2D eigenvalue weighted by Crippen LogP contribution is -2.43. The Bertz CT molecular complexity index is 207. The van der Waals surface area contributed by atoms with Crippen molar-refractivity contribution in [3.8, 4) is 0 Å². The Balaban J connectivity index is 3.57. The van der Waals surface area contributed by atoms with Crippen molar-refractivity contribution in [3.05, 3.63) is 0 Å². The van der Waals surface area contributed by atoms with Crippen molar-refractivity contribution in [1.29, 1.82) is 0 Å². The maximum Gasteiger partial charge on any atom is 0.102 e. The van der Waals surface area contributed by atoms with Gasteiger partial charge in [-0.25, -0.2) is 0 Å². The van der Waals surface area contributed by atoms with Gasteiger partial charge in [0.1, 0.15) is 13.1 Å². The molecule has 0 spiro atoms. The number of hydrogen-bond acceptors (Lipinski definition) is 2. The van der Waals surface area contributed by atoms with E-state index in [0.29, 0.717) is 0 Å². The first-order valence-electron chi connectivity index (χ1n) is 7.95. The van der Waals surface area contributed by atoms with E-state index in [2.05, 4.69) is 28.2 Å². The molecule has 0 rings (SSSR count). The van der Waals surface area contributed by atoms with Crippen LogP contribution in [-0.4, -0.2) is 90.8 Å². The summed E-state index contributed by atoms with van der Waals surface area (Å²) in [5, 5.41) is 0. The van der Waals surface area contributed by atoms with Crippen molar-refractivity contribution in [2.45, 2.75) is 25.7 Å². The number of likely N-dealkylation sites (N-methyl/N-ethyl adjacent to an activating group) is 2. The van der Waals surface area contributed by atoms with Crippen LogP contribution in [0.2, 0.25) is 0 Å². The first kappa shape index (κ1) is 19.8. The molecule has 0 fully saturated rings. The fourth-order valence-corrected chi connectivity index (χ4v) is 2.33. The second-order valence-electron chi connectivity index (χ2n) is 7.17. The van der Waals surface area contributed by atoms with Gasteiger partial charge < -0.3 is 18.4 Å². The van der Waals surface area contributed by atoms with Gasteiger partial charge in [0.15, 0.2) is 0 Å². The average Bonchev–Trinajstić information content (AvgIpc) is 2.38. The molecule has 0 saturated heterocycles. The molecule has 0 unspecified atom stereocenters. The summed E-state index contributed by atoms with van der Waals surface area (Å²) in [6.45, 7) is 6.45.